The van der Waals surface area contributed by atoms with Crippen LogP contribution in [-0.4, -0.2) is 18.7 Å². The fourth-order valence-electron chi connectivity index (χ4n) is 10.7. The Morgan fingerprint density at radius 3 is 1.74 bits per heavy atom. The average Bonchev–Trinajstić information content (AvgIpc) is 2.05. The Hall–Kier alpha value is -6.55. The molecule has 0 atom stereocenters. The van der Waals surface area contributed by atoms with Crippen LogP contribution in [0.1, 0.15) is 125 Å². The van der Waals surface area contributed by atoms with E-state index in [2.05, 4.69) is 136 Å². The molecule has 1 aliphatic carbocycles. The molecule has 0 unspecified atom stereocenters. The van der Waals surface area contributed by atoms with Crippen LogP contribution < -0.4 is 4.74 Å². The second kappa shape index (κ2) is 16.8. The van der Waals surface area contributed by atoms with E-state index < -0.39 is 71.3 Å². The first-order valence-electron chi connectivity index (χ1n) is 29.5. The number of pyridine rings is 1. The second-order valence-electron chi connectivity index (χ2n) is 22.9. The number of hydrogen-bond acceptors (Lipinski definition) is 2. The molecule has 7 aromatic carbocycles. The number of imidazole rings is 1. The second-order valence-corrected chi connectivity index (χ2v) is 24.0. The first-order chi connectivity index (χ1) is 38.2. The molecule has 6 heteroatoms. The van der Waals surface area contributed by atoms with Crippen molar-refractivity contribution in [3.05, 3.63) is 195 Å². The Labute approximate surface area is 450 Å². The van der Waals surface area contributed by atoms with Gasteiger partial charge in [0.05, 0.1) is 0 Å². The Kier molecular flexibility index (Phi) is 8.66. The minimum atomic E-state index is -0.644. The van der Waals surface area contributed by atoms with Crippen LogP contribution in [0.2, 0.25) is 0 Å². The summed E-state index contributed by atoms with van der Waals surface area (Å²) in [7, 11) is 0. The number of nitrogens with zero attached hydrogens (tertiary/aromatic N) is 4. The first-order valence-corrected chi connectivity index (χ1v) is 25.6. The molecule has 10 aromatic rings. The van der Waals surface area contributed by atoms with E-state index in [0.29, 0.717) is 37.6 Å². The predicted octanol–water partition coefficient (Wildman–Crippen LogP) is 17.2. The van der Waals surface area contributed by atoms with E-state index in [-0.39, 0.29) is 44.2 Å². The molecule has 0 aliphatic heterocycles. The third-order valence-corrected chi connectivity index (χ3v) is 17.0. The Morgan fingerprint density at radius 1 is 0.583 bits per heavy atom. The van der Waals surface area contributed by atoms with E-state index in [4.69, 9.17) is 17.9 Å². The molecule has 0 saturated heterocycles. The van der Waals surface area contributed by atoms with Crippen LogP contribution in [0.3, 0.4) is 0 Å². The molecule has 0 fully saturated rings. The topological polar surface area (TPSA) is 36.9 Å². The number of aryl methyl sites for hydroxylation is 1. The van der Waals surface area contributed by atoms with E-state index >= 15 is 0 Å². The summed E-state index contributed by atoms with van der Waals surface area (Å²) in [5.41, 5.74) is 8.10. The molecule has 0 spiro atoms. The molecule has 0 amide bonds. The molecule has 366 valence electrons. The van der Waals surface area contributed by atoms with Gasteiger partial charge in [-0.2, -0.15) is 0 Å². The zero-order valence-electron chi connectivity index (χ0n) is 53.2. The van der Waals surface area contributed by atoms with Crippen molar-refractivity contribution < 1.29 is 37.8 Å². The van der Waals surface area contributed by atoms with Crippen LogP contribution in [0.15, 0.2) is 152 Å². The molecule has 3 aromatic heterocycles. The van der Waals surface area contributed by atoms with Crippen molar-refractivity contribution in [2.45, 2.75) is 112 Å². The summed E-state index contributed by atoms with van der Waals surface area (Å²) < 4.78 is 104. The average molecular weight is 1130 g/mol. The van der Waals surface area contributed by atoms with Gasteiger partial charge in [-0.3, -0.25) is 0 Å². The fraction of sp³-hybridized carbons (Fsp3) is 0.273. The summed E-state index contributed by atoms with van der Waals surface area (Å²) >= 11 is 2.21. The van der Waals surface area contributed by atoms with Gasteiger partial charge in [0.15, 0.2) is 0 Å². The van der Waals surface area contributed by atoms with Crippen LogP contribution in [0.5, 0.6) is 11.5 Å². The minimum absolute atomic E-state index is 0.0371. The van der Waals surface area contributed by atoms with Crippen LogP contribution in [0.4, 0.5) is 0 Å². The molecule has 5 nitrogen and oxygen atoms in total. The number of para-hydroxylation sites is 2. The predicted molar refractivity (Wildman–Crippen MR) is 295 cm³/mol. The van der Waals surface area contributed by atoms with E-state index in [1.807, 2.05) is 78.6 Å². The third kappa shape index (κ3) is 7.52. The van der Waals surface area contributed by atoms with E-state index in [9.17, 15) is 5.48 Å². The zero-order valence-corrected chi connectivity index (χ0v) is 45.4. The quantitative estimate of drug-likeness (QED) is 0.149. The molecule has 0 radical (unpaired) electrons. The number of benzene rings is 7. The van der Waals surface area contributed by atoms with E-state index in [1.54, 1.807) is 12.1 Å². The molecule has 3 heterocycles. The molecule has 0 saturated carbocycles. The third-order valence-electron chi connectivity index (χ3n) is 16.0. The SMILES string of the molecule is [2H]c1c([2H])c([2H])c(-c2cc(C(C)(C)C)cc(-c3c([2H])c([2H])c([2H])c([2H])c3[2H])c2-n2[c](=[Pt])n(-c3[c-]c(Oc4[c-]c5c(cc4)c4cc6c(cc4n5-c4cc(C)ccn4)C(C)(C)C(C)(C)C6(C)C)cc(C(C)(C)C)c3)c3ccccc32)c([2H])c1[2H]. The number of aromatic nitrogens is 4. The van der Waals surface area contributed by atoms with E-state index in [1.165, 1.54) is 11.1 Å². The molecule has 72 heavy (non-hydrogen) atoms. The van der Waals surface area contributed by atoms with Crippen LogP contribution in [0.25, 0.3) is 72.3 Å². The van der Waals surface area contributed by atoms with Gasteiger partial charge in [-0.15, -0.1) is 0 Å². The number of rotatable bonds is 7. The van der Waals surface area contributed by atoms with Crippen molar-refractivity contribution in [3.63, 3.8) is 0 Å². The van der Waals surface area contributed by atoms with E-state index in [0.717, 1.165) is 38.8 Å². The Bertz CT molecular complexity index is 4330. The van der Waals surface area contributed by atoms with Crippen molar-refractivity contribution >= 4 is 32.8 Å². The zero-order chi connectivity index (χ0) is 59.6. The fourth-order valence-corrected chi connectivity index (χ4v) is 11.7. The summed E-state index contributed by atoms with van der Waals surface area (Å²) in [5.74, 6) is 1.64. The first kappa shape index (κ1) is 37.2. The molecular weight excluding hydrogens is 1060 g/mol. The summed E-state index contributed by atoms with van der Waals surface area (Å²) in [6.07, 6.45) is 1.84. The number of fused-ring (bicyclic) bond motifs is 5. The Morgan fingerprint density at radius 2 is 1.15 bits per heavy atom. The van der Waals surface area contributed by atoms with Gasteiger partial charge in [0.2, 0.25) is 0 Å². The molecule has 0 N–H and O–H groups in total. The Balaban J connectivity index is 1.18. The van der Waals surface area contributed by atoms with Crippen molar-refractivity contribution in [1.29, 1.82) is 0 Å². The molecule has 1 aliphatic rings. The summed E-state index contributed by atoms with van der Waals surface area (Å²) in [5, 5.41) is 2.12. The van der Waals surface area contributed by atoms with Gasteiger partial charge in [-0.25, -0.2) is 0 Å². The van der Waals surface area contributed by atoms with Crippen LogP contribution in [-0.2, 0) is 41.0 Å². The van der Waals surface area contributed by atoms with Gasteiger partial charge in [0, 0.05) is 6.20 Å². The summed E-state index contributed by atoms with van der Waals surface area (Å²) in [6.45, 7) is 28.5. The summed E-state index contributed by atoms with van der Waals surface area (Å²) in [4.78, 5) is 4.93. The maximum absolute atomic E-state index is 9.40. The van der Waals surface area contributed by atoms with Crippen molar-refractivity contribution in [1.82, 2.24) is 18.7 Å². The summed E-state index contributed by atoms with van der Waals surface area (Å²) in [6, 6.07) is 30.4. The monoisotopic (exact) mass is 1130 g/mol. The number of ether oxygens (including phenoxy) is 1. The molecule has 0 bridgehead atoms. The standard InChI is InChI=1S/C66H64N4O.Pt/c1-42-30-31-67-60(32-42)70-58-38-48(28-29-50(58)53-39-54-55(40-59(53)70)65(10,11)66(12,13)64(54,8)9)71-49-34-45(62(2,3)4)33-47(37-49)68-41-69(57-27-21-20-26-56(57)68)61-51(43-22-16-14-17-23-43)35-46(63(5,6)7)36-52(61)44-24-18-15-19-25-44;/h14-36,39-40H,1-13H3;/q-2;/i14D,15D,16D,17D,18D,19D,22D,23D,24D,25D;. The van der Waals surface area contributed by atoms with Gasteiger partial charge < -0.3 is 0 Å². The van der Waals surface area contributed by atoms with Crippen molar-refractivity contribution in [2.24, 2.45) is 5.41 Å². The molecular formula is C66H64N4OPt-2. The van der Waals surface area contributed by atoms with Gasteiger partial charge in [-0.05, 0) is 45.9 Å². The van der Waals surface area contributed by atoms with Crippen LogP contribution >= 0.6 is 0 Å². The molecule has 11 rings (SSSR count). The van der Waals surface area contributed by atoms with Crippen LogP contribution in [0, 0.1) is 28.3 Å². The van der Waals surface area contributed by atoms with Crippen molar-refractivity contribution in [3.8, 4) is 50.9 Å². The maximum atomic E-state index is 9.40. The van der Waals surface area contributed by atoms with Gasteiger partial charge in [-0.1, -0.05) is 41.5 Å². The normalized spacial score (nSPS) is 17.1. The van der Waals surface area contributed by atoms with Crippen molar-refractivity contribution in [2.75, 3.05) is 0 Å². The van der Waals surface area contributed by atoms with Gasteiger partial charge in [0.25, 0.3) is 0 Å². The number of hydrogen-bond donors (Lipinski definition) is 0. The van der Waals surface area contributed by atoms with Gasteiger partial charge in [0.1, 0.15) is 0 Å². The van der Waals surface area contributed by atoms with Gasteiger partial charge >= 0.3 is 359 Å².